The highest BCUT2D eigenvalue weighted by Crippen LogP contribution is 2.37. The number of carbonyl (C=O) groups excluding carboxylic acids is 1. The molecule has 0 aromatic rings. The van der Waals surface area contributed by atoms with Gasteiger partial charge in [0.2, 0.25) is 5.91 Å². The van der Waals surface area contributed by atoms with Crippen molar-refractivity contribution in [3.05, 3.63) is 0 Å². The number of carbonyl (C=O) groups is 1. The van der Waals surface area contributed by atoms with Crippen molar-refractivity contribution in [1.29, 1.82) is 0 Å². The third kappa shape index (κ3) is 2.54. The van der Waals surface area contributed by atoms with Gasteiger partial charge in [-0.25, -0.2) is 0 Å². The van der Waals surface area contributed by atoms with Gasteiger partial charge in [0.15, 0.2) is 0 Å². The number of nitrogens with one attached hydrogen (secondary N) is 1. The van der Waals surface area contributed by atoms with Crippen LogP contribution in [0.3, 0.4) is 0 Å². The molecule has 0 saturated heterocycles. The van der Waals surface area contributed by atoms with Crippen LogP contribution in [-0.4, -0.2) is 29.7 Å². The molecule has 0 aliphatic heterocycles. The Hall–Kier alpha value is -0.610. The molecule has 0 aromatic heterocycles. The highest BCUT2D eigenvalue weighted by molar-refractivity contribution is 5.83. The molecule has 2 saturated carbocycles. The lowest BCUT2D eigenvalue weighted by atomic mass is 9.81. The van der Waals surface area contributed by atoms with Gasteiger partial charge in [0.1, 0.15) is 0 Å². The fourth-order valence-electron chi connectivity index (χ4n) is 3.42. The summed E-state index contributed by atoms with van der Waals surface area (Å²) in [6, 6.07) is 0.120. The molecule has 0 radical (unpaired) electrons. The molecule has 2 aliphatic rings. The molecule has 2 fully saturated rings. The van der Waals surface area contributed by atoms with E-state index in [9.17, 15) is 9.90 Å². The predicted octanol–water partition coefficient (Wildman–Crippen LogP) is 1.17. The second-order valence-electron chi connectivity index (χ2n) is 6.22. The van der Waals surface area contributed by atoms with Crippen LogP contribution in [0.4, 0.5) is 0 Å². The monoisotopic (exact) mass is 254 g/mol. The second kappa shape index (κ2) is 5.57. The van der Waals surface area contributed by atoms with Gasteiger partial charge in [0.25, 0.3) is 0 Å². The molecule has 4 N–H and O–H groups in total. The quantitative estimate of drug-likeness (QED) is 0.707. The Balaban J connectivity index is 1.97. The van der Waals surface area contributed by atoms with Crippen molar-refractivity contribution < 1.29 is 9.90 Å². The summed E-state index contributed by atoms with van der Waals surface area (Å²) >= 11 is 0. The molecule has 4 atom stereocenters. The summed E-state index contributed by atoms with van der Waals surface area (Å²) < 4.78 is 0. The third-order valence-electron chi connectivity index (χ3n) is 5.01. The molecule has 2 aliphatic carbocycles. The predicted molar refractivity (Wildman–Crippen MR) is 70.9 cm³/mol. The molecule has 0 heterocycles. The fourth-order valence-corrected chi connectivity index (χ4v) is 3.42. The molecule has 1 amide bonds. The summed E-state index contributed by atoms with van der Waals surface area (Å²) in [6.07, 6.45) is 7.18. The second-order valence-corrected chi connectivity index (χ2v) is 6.22. The molecule has 2 rings (SSSR count). The largest absolute Gasteiger partial charge is 0.396 e. The molecular weight excluding hydrogens is 228 g/mol. The maximum Gasteiger partial charge on any atom is 0.227 e. The van der Waals surface area contributed by atoms with E-state index >= 15 is 0 Å². The molecule has 4 unspecified atom stereocenters. The highest BCUT2D eigenvalue weighted by Gasteiger charge is 2.44. The average molecular weight is 254 g/mol. The van der Waals surface area contributed by atoms with E-state index in [1.54, 1.807) is 0 Å². The first-order chi connectivity index (χ1) is 8.58. The summed E-state index contributed by atoms with van der Waals surface area (Å²) in [5, 5.41) is 12.5. The number of aliphatic hydroxyl groups is 1. The van der Waals surface area contributed by atoms with Crippen molar-refractivity contribution in [1.82, 2.24) is 5.32 Å². The summed E-state index contributed by atoms with van der Waals surface area (Å²) in [4.78, 5) is 12.4. The van der Waals surface area contributed by atoms with Crippen LogP contribution in [0, 0.1) is 11.3 Å². The van der Waals surface area contributed by atoms with Crippen LogP contribution >= 0.6 is 0 Å². The lowest BCUT2D eigenvalue weighted by Crippen LogP contribution is -2.52. The Bertz CT molecular complexity index is 308. The van der Waals surface area contributed by atoms with Gasteiger partial charge in [-0.2, -0.15) is 0 Å². The van der Waals surface area contributed by atoms with E-state index in [4.69, 9.17) is 5.73 Å². The molecule has 18 heavy (non-hydrogen) atoms. The maximum atomic E-state index is 12.4. The molecule has 4 heteroatoms. The first-order valence-electron chi connectivity index (χ1n) is 7.25. The van der Waals surface area contributed by atoms with E-state index < -0.39 is 5.41 Å². The van der Waals surface area contributed by atoms with Crippen LogP contribution < -0.4 is 11.1 Å². The number of amides is 1. The van der Waals surface area contributed by atoms with Crippen LogP contribution in [0.25, 0.3) is 0 Å². The van der Waals surface area contributed by atoms with Crippen molar-refractivity contribution in [2.75, 3.05) is 6.61 Å². The van der Waals surface area contributed by atoms with Crippen molar-refractivity contribution in [2.45, 2.75) is 64.0 Å². The Morgan fingerprint density at radius 2 is 2.06 bits per heavy atom. The summed E-state index contributed by atoms with van der Waals surface area (Å²) in [5.74, 6) is 0.321. The first-order valence-corrected chi connectivity index (χ1v) is 7.25. The standard InChI is InChI=1S/C14H26N2O2/c1-14(8-4-7-12(14)15)13(18)16-11-6-3-2-5-10(11)9-17/h10-12,17H,2-9,15H2,1H3,(H,16,18). The van der Waals surface area contributed by atoms with Gasteiger partial charge in [-0.1, -0.05) is 19.3 Å². The lowest BCUT2D eigenvalue weighted by molar-refractivity contribution is -0.132. The average Bonchev–Trinajstić information content (AvgIpc) is 2.71. The Kier molecular flexibility index (Phi) is 4.28. The summed E-state index contributed by atoms with van der Waals surface area (Å²) in [7, 11) is 0. The SMILES string of the molecule is CC1(C(=O)NC2CCCCC2CO)CCCC1N. The highest BCUT2D eigenvalue weighted by atomic mass is 16.3. The summed E-state index contributed by atoms with van der Waals surface area (Å²) in [5.41, 5.74) is 5.67. The molecule has 0 aromatic carbocycles. The van der Waals surface area contributed by atoms with E-state index in [1.165, 1.54) is 0 Å². The van der Waals surface area contributed by atoms with Crippen LogP contribution in [0.5, 0.6) is 0 Å². The van der Waals surface area contributed by atoms with Gasteiger partial charge in [-0.15, -0.1) is 0 Å². The van der Waals surface area contributed by atoms with Crippen molar-refractivity contribution in [3.8, 4) is 0 Å². The van der Waals surface area contributed by atoms with Gasteiger partial charge in [0, 0.05) is 24.6 Å². The van der Waals surface area contributed by atoms with E-state index in [0.29, 0.717) is 0 Å². The number of aliphatic hydroxyl groups excluding tert-OH is 1. The molecule has 0 spiro atoms. The topological polar surface area (TPSA) is 75.3 Å². The van der Waals surface area contributed by atoms with Crippen LogP contribution in [-0.2, 0) is 4.79 Å². The number of hydrogen-bond acceptors (Lipinski definition) is 3. The third-order valence-corrected chi connectivity index (χ3v) is 5.01. The Morgan fingerprint density at radius 3 is 2.67 bits per heavy atom. The van der Waals surface area contributed by atoms with Crippen molar-refractivity contribution >= 4 is 5.91 Å². The zero-order valence-corrected chi connectivity index (χ0v) is 11.3. The Labute approximate surface area is 109 Å². The van der Waals surface area contributed by atoms with E-state index in [1.807, 2.05) is 6.92 Å². The lowest BCUT2D eigenvalue weighted by Gasteiger charge is -2.35. The normalized spacial score (nSPS) is 40.7. The van der Waals surface area contributed by atoms with Crippen molar-refractivity contribution in [2.24, 2.45) is 17.1 Å². The van der Waals surface area contributed by atoms with E-state index in [2.05, 4.69) is 5.32 Å². The van der Waals surface area contributed by atoms with Gasteiger partial charge < -0.3 is 16.2 Å². The Morgan fingerprint density at radius 1 is 1.33 bits per heavy atom. The zero-order valence-electron chi connectivity index (χ0n) is 11.3. The smallest absolute Gasteiger partial charge is 0.227 e. The first kappa shape index (κ1) is 13.8. The number of hydrogen-bond donors (Lipinski definition) is 3. The minimum absolute atomic E-state index is 0.0198. The van der Waals surface area contributed by atoms with Crippen LogP contribution in [0.15, 0.2) is 0 Å². The maximum absolute atomic E-state index is 12.4. The van der Waals surface area contributed by atoms with Crippen molar-refractivity contribution in [3.63, 3.8) is 0 Å². The fraction of sp³-hybridized carbons (Fsp3) is 0.929. The van der Waals surface area contributed by atoms with Gasteiger partial charge >= 0.3 is 0 Å². The van der Waals surface area contributed by atoms with Gasteiger partial charge in [0.05, 0.1) is 5.41 Å². The number of nitrogens with two attached hydrogens (primary N) is 1. The minimum atomic E-state index is -0.405. The zero-order chi connectivity index (χ0) is 13.2. The molecule has 104 valence electrons. The number of rotatable bonds is 3. The van der Waals surface area contributed by atoms with Gasteiger partial charge in [-0.05, 0) is 32.6 Å². The van der Waals surface area contributed by atoms with Gasteiger partial charge in [-0.3, -0.25) is 4.79 Å². The van der Waals surface area contributed by atoms with E-state index in [0.717, 1.165) is 44.9 Å². The minimum Gasteiger partial charge on any atom is -0.396 e. The summed E-state index contributed by atoms with van der Waals surface area (Å²) in [6.45, 7) is 2.16. The van der Waals surface area contributed by atoms with Crippen LogP contribution in [0.2, 0.25) is 0 Å². The van der Waals surface area contributed by atoms with Crippen LogP contribution in [0.1, 0.15) is 51.9 Å². The van der Waals surface area contributed by atoms with E-state index in [-0.39, 0.29) is 30.5 Å². The molecular formula is C14H26N2O2. The molecule has 0 bridgehead atoms. The molecule has 4 nitrogen and oxygen atoms in total.